The number of carbonyl (C=O) groups is 1. The second-order valence-electron chi connectivity index (χ2n) is 20.9. The number of aliphatic hydroxyl groups excluding tert-OH is 2. The van der Waals surface area contributed by atoms with Crippen molar-refractivity contribution in [3.8, 4) is 17.2 Å². The molecule has 2 N–H and O–H groups in total. The number of ether oxygens (including phenoxy) is 4. The van der Waals surface area contributed by atoms with Gasteiger partial charge in [-0.15, -0.1) is 6.58 Å². The summed E-state index contributed by atoms with van der Waals surface area (Å²) in [5.41, 5.74) is 4.99. The Kier molecular flexibility index (Phi) is 20.8. The van der Waals surface area contributed by atoms with Crippen LogP contribution < -0.4 is 9.47 Å². The van der Waals surface area contributed by atoms with Gasteiger partial charge in [0.25, 0.3) is 0 Å². The molecule has 6 atom stereocenters. The molecule has 1 fully saturated rings. The van der Waals surface area contributed by atoms with Gasteiger partial charge in [0.15, 0.2) is 0 Å². The molecule has 2 aliphatic carbocycles. The van der Waals surface area contributed by atoms with Crippen molar-refractivity contribution in [1.82, 2.24) is 4.90 Å². The lowest BCUT2D eigenvalue weighted by Crippen LogP contribution is -2.70. The lowest BCUT2D eigenvalue weighted by Gasteiger charge is -2.60. The van der Waals surface area contributed by atoms with Crippen molar-refractivity contribution in [2.75, 3.05) is 26.4 Å². The van der Waals surface area contributed by atoms with Gasteiger partial charge in [0.2, 0.25) is 5.79 Å². The normalized spacial score (nSPS) is 22.1. The quantitative estimate of drug-likeness (QED) is 0.0419. The molecule has 1 amide bonds. The highest BCUT2D eigenvalue weighted by molar-refractivity contribution is 6.03. The van der Waals surface area contributed by atoms with Crippen molar-refractivity contribution >= 4 is 11.8 Å². The van der Waals surface area contributed by atoms with E-state index in [1.54, 1.807) is 23.1 Å². The highest BCUT2D eigenvalue weighted by atomic mass is 19.1. The Morgan fingerprint density at radius 2 is 1.51 bits per heavy atom. The number of halogens is 1. The van der Waals surface area contributed by atoms with Crippen LogP contribution in [0, 0.1) is 37.4 Å². The molecule has 3 aromatic rings. The van der Waals surface area contributed by atoms with E-state index in [1.165, 1.54) is 62.6 Å². The van der Waals surface area contributed by atoms with Gasteiger partial charge in [0.1, 0.15) is 34.7 Å². The largest absolute Gasteiger partial charge is 0.459 e. The number of carbonyl (C=O) groups excluding carboxylic acids is 1. The zero-order valence-electron chi connectivity index (χ0n) is 43.2. The van der Waals surface area contributed by atoms with E-state index in [1.807, 2.05) is 45.0 Å². The smallest absolute Gasteiger partial charge is 0.410 e. The number of aryl methyl sites for hydroxylation is 2. The molecule has 3 aromatic carbocycles. The SMILES string of the molecule is C=CCOC12Oc3ccc(Oc4ccc(C)c(C)c4)cc3C3C(CCCCO)C(CCCCO)C=C(C(=NOC(C)(C)C)CC1N(Cc1ccc(F)cc1)C(=O)OCCCCCCCCCCCC)C32. The summed E-state index contributed by atoms with van der Waals surface area (Å²) in [6.45, 7) is 17.0. The van der Waals surface area contributed by atoms with Crippen LogP contribution in [-0.2, 0) is 20.9 Å². The number of unbranched alkanes of at least 4 members (excludes halogenated alkanes) is 11. The summed E-state index contributed by atoms with van der Waals surface area (Å²) in [5, 5.41) is 25.1. The number of aliphatic hydroxyl groups is 2. The summed E-state index contributed by atoms with van der Waals surface area (Å²) in [5.74, 6) is -0.512. The molecule has 0 radical (unpaired) electrons. The lowest BCUT2D eigenvalue weighted by molar-refractivity contribution is -0.256. The van der Waals surface area contributed by atoms with E-state index in [0.29, 0.717) is 30.1 Å². The third kappa shape index (κ3) is 14.5. The number of amides is 1. The van der Waals surface area contributed by atoms with E-state index in [-0.39, 0.29) is 63.0 Å². The Hall–Kier alpha value is -4.71. The van der Waals surface area contributed by atoms with Crippen molar-refractivity contribution in [3.63, 3.8) is 0 Å². The fourth-order valence-corrected chi connectivity index (χ4v) is 10.7. The molecule has 0 bridgehead atoms. The van der Waals surface area contributed by atoms with Gasteiger partial charge in [-0.1, -0.05) is 113 Å². The number of rotatable bonds is 28. The summed E-state index contributed by atoms with van der Waals surface area (Å²) in [6.07, 6.45) is 19.9. The molecular weight excluding hydrogens is 884 g/mol. The van der Waals surface area contributed by atoms with Crippen LogP contribution in [0.25, 0.3) is 0 Å². The predicted molar refractivity (Wildman–Crippen MR) is 277 cm³/mol. The van der Waals surface area contributed by atoms with Crippen molar-refractivity contribution in [1.29, 1.82) is 0 Å². The summed E-state index contributed by atoms with van der Waals surface area (Å²) in [6, 6.07) is 17.5. The average Bonchev–Trinajstić information content (AvgIpc) is 3.33. The molecule has 10 nitrogen and oxygen atoms in total. The highest BCUT2D eigenvalue weighted by Gasteiger charge is 2.66. The van der Waals surface area contributed by atoms with Gasteiger partial charge < -0.3 is 34.0 Å². The van der Waals surface area contributed by atoms with Crippen molar-refractivity contribution < 1.29 is 43.2 Å². The molecule has 1 heterocycles. The minimum Gasteiger partial charge on any atom is -0.459 e. The molecule has 6 rings (SSSR count). The number of oxime groups is 1. The number of fused-ring (bicyclic) bond motifs is 2. The minimum absolute atomic E-state index is 0.0302. The monoisotopic (exact) mass is 967 g/mol. The second-order valence-corrected chi connectivity index (χ2v) is 20.9. The summed E-state index contributed by atoms with van der Waals surface area (Å²) in [4.78, 5) is 23.1. The number of hydrogen-bond acceptors (Lipinski definition) is 9. The second kappa shape index (κ2) is 26.7. The van der Waals surface area contributed by atoms with Crippen molar-refractivity contribution in [3.05, 3.63) is 113 Å². The molecule has 6 unspecified atom stereocenters. The first-order valence-corrected chi connectivity index (χ1v) is 26.5. The summed E-state index contributed by atoms with van der Waals surface area (Å²) < 4.78 is 42.0. The first kappa shape index (κ1) is 54.6. The fraction of sp³-hybridized carbons (Fsp3) is 0.593. The van der Waals surface area contributed by atoms with E-state index in [4.69, 9.17) is 28.9 Å². The van der Waals surface area contributed by atoms with Crippen LogP contribution in [0.2, 0.25) is 0 Å². The maximum absolute atomic E-state index is 15.0. The van der Waals surface area contributed by atoms with Gasteiger partial charge in [0.05, 0.1) is 24.8 Å². The molecule has 0 aromatic heterocycles. The standard InChI is InChI=1S/C59H83FN2O8/c1-8-10-11-12-13-14-15-16-17-22-36-66-57(65)62(41-44-26-28-46(60)29-27-44)54-40-52(61-70-58(5,6)7)50-38-45(23-18-20-33-63)49(24-19-21-34-64)55-51-39-48(68-47-30-25-42(3)43(4)37-47)31-32-53(51)69-59(54,56(50)55)67-35-9-2/h9,25-32,37-39,45,49,54-56,63-64H,2,8,10-24,33-36,40-41H2,1,3-7H3. The van der Waals surface area contributed by atoms with Crippen LogP contribution in [0.15, 0.2) is 90.1 Å². The van der Waals surface area contributed by atoms with Gasteiger partial charge in [-0.2, -0.15) is 0 Å². The van der Waals surface area contributed by atoms with E-state index < -0.39 is 29.4 Å². The number of hydrogen-bond donors (Lipinski definition) is 2. The molecular formula is C59H83FN2O8. The number of benzene rings is 3. The molecule has 384 valence electrons. The van der Waals surface area contributed by atoms with Crippen LogP contribution in [0.4, 0.5) is 9.18 Å². The van der Waals surface area contributed by atoms with E-state index >= 15 is 4.79 Å². The van der Waals surface area contributed by atoms with Gasteiger partial charge in [-0.25, -0.2) is 9.18 Å². The third-order valence-corrected chi connectivity index (χ3v) is 14.4. The number of nitrogens with zero attached hydrogens (tertiary/aromatic N) is 2. The maximum atomic E-state index is 15.0. The Morgan fingerprint density at radius 1 is 0.857 bits per heavy atom. The molecule has 11 heteroatoms. The van der Waals surface area contributed by atoms with Gasteiger partial charge in [-0.3, -0.25) is 4.90 Å². The van der Waals surface area contributed by atoms with Gasteiger partial charge in [0, 0.05) is 37.7 Å². The number of allylic oxidation sites excluding steroid dienone is 1. The zero-order valence-corrected chi connectivity index (χ0v) is 43.2. The average molecular weight is 967 g/mol. The topological polar surface area (TPSA) is 119 Å². The van der Waals surface area contributed by atoms with E-state index in [9.17, 15) is 14.6 Å². The van der Waals surface area contributed by atoms with Crippen LogP contribution in [-0.4, -0.2) is 70.8 Å². The van der Waals surface area contributed by atoms with Gasteiger partial charge in [-0.05, 0) is 143 Å². The Bertz CT molecular complexity index is 2180. The van der Waals surface area contributed by atoms with Crippen LogP contribution in [0.3, 0.4) is 0 Å². The molecule has 0 spiro atoms. The van der Waals surface area contributed by atoms with Crippen molar-refractivity contribution in [2.24, 2.45) is 22.9 Å². The lowest BCUT2D eigenvalue weighted by atomic mass is 9.55. The first-order chi connectivity index (χ1) is 33.8. The minimum atomic E-state index is -1.49. The maximum Gasteiger partial charge on any atom is 0.410 e. The zero-order chi connectivity index (χ0) is 50.1. The van der Waals surface area contributed by atoms with Crippen molar-refractivity contribution in [2.45, 2.75) is 181 Å². The van der Waals surface area contributed by atoms with Crippen LogP contribution in [0.1, 0.15) is 165 Å². The van der Waals surface area contributed by atoms with Crippen LogP contribution in [0.5, 0.6) is 17.2 Å². The summed E-state index contributed by atoms with van der Waals surface area (Å²) >= 11 is 0. The Morgan fingerprint density at radius 3 is 2.17 bits per heavy atom. The Labute approximate surface area is 418 Å². The predicted octanol–water partition coefficient (Wildman–Crippen LogP) is 14.2. The van der Waals surface area contributed by atoms with Gasteiger partial charge >= 0.3 is 6.09 Å². The fourth-order valence-electron chi connectivity index (χ4n) is 10.7. The Balaban J connectivity index is 1.48. The molecule has 70 heavy (non-hydrogen) atoms. The first-order valence-electron chi connectivity index (χ1n) is 26.5. The highest BCUT2D eigenvalue weighted by Crippen LogP contribution is 2.62. The third-order valence-electron chi connectivity index (χ3n) is 14.4. The van der Waals surface area contributed by atoms with Crippen LogP contribution >= 0.6 is 0 Å². The molecule has 1 saturated carbocycles. The molecule has 3 aliphatic rings. The molecule has 0 saturated heterocycles. The molecule has 1 aliphatic heterocycles. The summed E-state index contributed by atoms with van der Waals surface area (Å²) in [7, 11) is 0. The van der Waals surface area contributed by atoms with E-state index in [2.05, 4.69) is 45.6 Å². The van der Waals surface area contributed by atoms with E-state index in [0.717, 1.165) is 73.0 Å².